The number of hydrogen-bond donors (Lipinski definition) is 1. The second kappa shape index (κ2) is 4.56. The van der Waals surface area contributed by atoms with Crippen LogP contribution in [-0.4, -0.2) is 35.5 Å². The molecule has 0 radical (unpaired) electrons. The van der Waals surface area contributed by atoms with E-state index < -0.39 is 5.97 Å². The van der Waals surface area contributed by atoms with E-state index >= 15 is 0 Å². The number of amides is 1. The van der Waals surface area contributed by atoms with Crippen LogP contribution in [-0.2, 0) is 4.79 Å². The van der Waals surface area contributed by atoms with E-state index in [1.165, 1.54) is 23.3 Å². The maximum absolute atomic E-state index is 11.5. The largest absolute Gasteiger partial charge is 0.480 e. The Hall–Kier alpha value is -0.880. The summed E-state index contributed by atoms with van der Waals surface area (Å²) >= 11 is 4.52. The lowest BCUT2D eigenvalue weighted by Crippen LogP contribution is -2.31. The zero-order valence-electron chi connectivity index (χ0n) is 7.36. The van der Waals surface area contributed by atoms with Crippen molar-refractivity contribution in [3.8, 4) is 0 Å². The minimum absolute atomic E-state index is 0.275. The molecule has 6 heteroatoms. The molecule has 0 atom stereocenters. The third-order valence-electron chi connectivity index (χ3n) is 1.50. The molecule has 0 saturated carbocycles. The first-order valence-corrected chi connectivity index (χ1v) is 5.34. The highest BCUT2D eigenvalue weighted by Crippen LogP contribution is 2.22. The summed E-state index contributed by atoms with van der Waals surface area (Å²) in [5.74, 6) is -1.29. The first kappa shape index (κ1) is 11.2. The molecule has 1 amide bonds. The minimum atomic E-state index is -1.02. The van der Waals surface area contributed by atoms with Gasteiger partial charge in [0.1, 0.15) is 6.54 Å². The maximum Gasteiger partial charge on any atom is 0.323 e. The summed E-state index contributed by atoms with van der Waals surface area (Å²) in [6, 6.07) is 3.42. The van der Waals surface area contributed by atoms with Gasteiger partial charge in [0.05, 0.1) is 8.66 Å². The van der Waals surface area contributed by atoms with Crippen LogP contribution in [0.1, 0.15) is 9.67 Å². The Kier molecular flexibility index (Phi) is 3.65. The Morgan fingerprint density at radius 3 is 2.64 bits per heavy atom. The predicted molar refractivity (Wildman–Crippen MR) is 56.6 cm³/mol. The Morgan fingerprint density at radius 2 is 2.21 bits per heavy atom. The van der Waals surface area contributed by atoms with Crippen LogP contribution in [0.3, 0.4) is 0 Å². The fourth-order valence-electron chi connectivity index (χ4n) is 0.892. The fourth-order valence-corrected chi connectivity index (χ4v) is 2.27. The van der Waals surface area contributed by atoms with Crippen LogP contribution in [0.4, 0.5) is 0 Å². The third kappa shape index (κ3) is 2.81. The van der Waals surface area contributed by atoms with E-state index in [0.29, 0.717) is 4.88 Å². The summed E-state index contributed by atoms with van der Waals surface area (Å²) in [4.78, 5) is 23.6. The zero-order chi connectivity index (χ0) is 10.7. The van der Waals surface area contributed by atoms with Crippen LogP contribution in [0.2, 0.25) is 0 Å². The molecule has 0 saturated heterocycles. The highest BCUT2D eigenvalue weighted by atomic mass is 79.9. The van der Waals surface area contributed by atoms with Gasteiger partial charge in [-0.25, -0.2) is 0 Å². The molecule has 0 aliphatic carbocycles. The minimum Gasteiger partial charge on any atom is -0.480 e. The Balaban J connectivity index is 2.70. The van der Waals surface area contributed by atoms with E-state index in [9.17, 15) is 9.59 Å². The summed E-state index contributed by atoms with van der Waals surface area (Å²) in [7, 11) is 1.46. The molecule has 0 fully saturated rings. The van der Waals surface area contributed by atoms with Crippen LogP contribution in [0, 0.1) is 0 Å². The number of carbonyl (C=O) groups is 2. The summed E-state index contributed by atoms with van der Waals surface area (Å²) in [6.07, 6.45) is 0. The number of carbonyl (C=O) groups excluding carboxylic acids is 1. The second-order valence-corrected chi connectivity index (χ2v) is 5.12. The topological polar surface area (TPSA) is 57.6 Å². The van der Waals surface area contributed by atoms with E-state index in [1.807, 2.05) is 0 Å². The summed E-state index contributed by atoms with van der Waals surface area (Å²) in [6.45, 7) is -0.283. The van der Waals surface area contributed by atoms with Crippen molar-refractivity contribution in [2.24, 2.45) is 0 Å². The molecule has 0 unspecified atom stereocenters. The van der Waals surface area contributed by atoms with Gasteiger partial charge in [-0.3, -0.25) is 9.59 Å². The molecule has 1 aromatic heterocycles. The lowest BCUT2D eigenvalue weighted by Gasteiger charge is -2.12. The van der Waals surface area contributed by atoms with Crippen molar-refractivity contribution in [3.63, 3.8) is 0 Å². The molecule has 76 valence electrons. The van der Waals surface area contributed by atoms with Crippen molar-refractivity contribution in [2.75, 3.05) is 13.6 Å². The van der Waals surface area contributed by atoms with Crippen LogP contribution >= 0.6 is 27.3 Å². The highest BCUT2D eigenvalue weighted by Gasteiger charge is 2.15. The molecule has 4 nitrogen and oxygen atoms in total. The molecule has 0 aliphatic heterocycles. The molecule has 14 heavy (non-hydrogen) atoms. The summed E-state index contributed by atoms with van der Waals surface area (Å²) in [5.41, 5.74) is 0. The molecule has 1 heterocycles. The highest BCUT2D eigenvalue weighted by molar-refractivity contribution is 9.11. The molecule has 0 aliphatic rings. The van der Waals surface area contributed by atoms with E-state index in [4.69, 9.17) is 5.11 Å². The van der Waals surface area contributed by atoms with Gasteiger partial charge in [-0.05, 0) is 28.1 Å². The quantitative estimate of drug-likeness (QED) is 0.915. The van der Waals surface area contributed by atoms with Gasteiger partial charge in [0, 0.05) is 7.05 Å². The normalized spacial score (nSPS) is 9.86. The van der Waals surface area contributed by atoms with Crippen LogP contribution in [0.5, 0.6) is 0 Å². The van der Waals surface area contributed by atoms with Crippen LogP contribution < -0.4 is 0 Å². The molecule has 1 N–H and O–H groups in total. The maximum atomic E-state index is 11.5. The van der Waals surface area contributed by atoms with Gasteiger partial charge in [-0.15, -0.1) is 11.3 Å². The second-order valence-electron chi connectivity index (χ2n) is 2.66. The van der Waals surface area contributed by atoms with Crippen molar-refractivity contribution < 1.29 is 14.7 Å². The van der Waals surface area contributed by atoms with Gasteiger partial charge in [-0.2, -0.15) is 0 Å². The van der Waals surface area contributed by atoms with Crippen molar-refractivity contribution in [3.05, 3.63) is 20.8 Å². The standard InChI is InChI=1S/C8H8BrNO3S/c1-10(4-7(11)12)8(13)5-2-3-6(9)14-5/h2-3H,4H2,1H3,(H,11,12). The Morgan fingerprint density at radius 1 is 1.57 bits per heavy atom. The van der Waals surface area contributed by atoms with Gasteiger partial charge >= 0.3 is 5.97 Å². The molecule has 1 aromatic rings. The van der Waals surface area contributed by atoms with Gasteiger partial charge in [0.15, 0.2) is 0 Å². The molecule has 0 bridgehead atoms. The van der Waals surface area contributed by atoms with Gasteiger partial charge < -0.3 is 10.0 Å². The van der Waals surface area contributed by atoms with E-state index in [-0.39, 0.29) is 12.5 Å². The number of halogens is 1. The molecular formula is C8H8BrNO3S. The van der Waals surface area contributed by atoms with Crippen molar-refractivity contribution >= 4 is 39.1 Å². The Labute approximate surface area is 93.3 Å². The van der Waals surface area contributed by atoms with E-state index in [1.54, 1.807) is 12.1 Å². The van der Waals surface area contributed by atoms with Crippen LogP contribution in [0.25, 0.3) is 0 Å². The fraction of sp³-hybridized carbons (Fsp3) is 0.250. The lowest BCUT2D eigenvalue weighted by molar-refractivity contribution is -0.137. The smallest absolute Gasteiger partial charge is 0.323 e. The number of nitrogens with zero attached hydrogens (tertiary/aromatic N) is 1. The molecule has 0 aromatic carbocycles. The monoisotopic (exact) mass is 277 g/mol. The number of carboxylic acid groups (broad SMARTS) is 1. The molecule has 1 rings (SSSR count). The lowest BCUT2D eigenvalue weighted by atomic mass is 10.4. The van der Waals surface area contributed by atoms with Crippen molar-refractivity contribution in [2.45, 2.75) is 0 Å². The van der Waals surface area contributed by atoms with Gasteiger partial charge in [-0.1, -0.05) is 0 Å². The zero-order valence-corrected chi connectivity index (χ0v) is 9.76. The van der Waals surface area contributed by atoms with Crippen molar-refractivity contribution in [1.82, 2.24) is 4.90 Å². The number of aliphatic carboxylic acids is 1. The number of rotatable bonds is 3. The van der Waals surface area contributed by atoms with E-state index in [0.717, 1.165) is 3.79 Å². The average molecular weight is 278 g/mol. The van der Waals surface area contributed by atoms with Gasteiger partial charge in [0.25, 0.3) is 5.91 Å². The third-order valence-corrected chi connectivity index (χ3v) is 3.11. The Bertz CT molecular complexity index is 363. The first-order valence-electron chi connectivity index (χ1n) is 3.73. The SMILES string of the molecule is CN(CC(=O)O)C(=O)c1ccc(Br)s1. The first-order chi connectivity index (χ1) is 6.50. The van der Waals surface area contributed by atoms with Crippen molar-refractivity contribution in [1.29, 1.82) is 0 Å². The van der Waals surface area contributed by atoms with Gasteiger partial charge in [0.2, 0.25) is 0 Å². The number of hydrogen-bond acceptors (Lipinski definition) is 3. The summed E-state index contributed by atoms with van der Waals surface area (Å²) < 4.78 is 0.851. The number of carboxylic acids is 1. The van der Waals surface area contributed by atoms with E-state index in [2.05, 4.69) is 15.9 Å². The summed E-state index contributed by atoms with van der Waals surface area (Å²) in [5, 5.41) is 8.49. The number of thiophene rings is 1. The average Bonchev–Trinajstić information content (AvgIpc) is 2.49. The molecular weight excluding hydrogens is 270 g/mol. The predicted octanol–water partition coefficient (Wildman–Crippen LogP) is 1.67. The molecule has 0 spiro atoms. The van der Waals surface area contributed by atoms with Crippen LogP contribution in [0.15, 0.2) is 15.9 Å². The number of likely N-dealkylation sites (N-methyl/N-ethyl adjacent to an activating group) is 1.